The first kappa shape index (κ1) is 12.3. The molecule has 0 spiro atoms. The van der Waals surface area contributed by atoms with Crippen molar-refractivity contribution in [2.45, 2.75) is 0 Å². The van der Waals surface area contributed by atoms with Crippen molar-refractivity contribution >= 4 is 48.8 Å². The summed E-state index contributed by atoms with van der Waals surface area (Å²) < 4.78 is 2.17. The molecule has 0 amide bonds. The van der Waals surface area contributed by atoms with Gasteiger partial charge >= 0.3 is 0 Å². The number of anilines is 1. The standard InChI is InChI=1S/C14H10BrN3S/c15-11-6-2-1-5-10(11)9-16-18-14-17-12-7-3-4-8-13(12)19-14/h1-9H,(H,17,18)/b16-9-. The number of fused-ring (bicyclic) bond motifs is 1. The second-order valence-electron chi connectivity index (χ2n) is 3.88. The SMILES string of the molecule is Brc1ccccc1/C=N\Nc1nc2ccccc2s1. The lowest BCUT2D eigenvalue weighted by Gasteiger charge is -1.96. The molecule has 1 aromatic heterocycles. The highest BCUT2D eigenvalue weighted by atomic mass is 79.9. The molecule has 0 atom stereocenters. The van der Waals surface area contributed by atoms with Crippen molar-refractivity contribution < 1.29 is 0 Å². The molecule has 0 aliphatic heterocycles. The summed E-state index contributed by atoms with van der Waals surface area (Å²) in [6.45, 7) is 0. The van der Waals surface area contributed by atoms with Gasteiger partial charge in [-0.05, 0) is 18.2 Å². The summed E-state index contributed by atoms with van der Waals surface area (Å²) in [6, 6.07) is 16.0. The Kier molecular flexibility index (Phi) is 3.57. The van der Waals surface area contributed by atoms with E-state index in [1.807, 2.05) is 42.5 Å². The summed E-state index contributed by atoms with van der Waals surface area (Å²) in [5, 5.41) is 5.01. The Morgan fingerprint density at radius 2 is 1.89 bits per heavy atom. The number of rotatable bonds is 3. The Morgan fingerprint density at radius 1 is 1.11 bits per heavy atom. The van der Waals surface area contributed by atoms with E-state index in [0.717, 1.165) is 25.4 Å². The van der Waals surface area contributed by atoms with E-state index in [4.69, 9.17) is 0 Å². The van der Waals surface area contributed by atoms with Gasteiger partial charge < -0.3 is 0 Å². The quantitative estimate of drug-likeness (QED) is 0.566. The van der Waals surface area contributed by atoms with Crippen molar-refractivity contribution in [1.29, 1.82) is 0 Å². The van der Waals surface area contributed by atoms with Crippen LogP contribution in [0, 0.1) is 0 Å². The second kappa shape index (κ2) is 5.50. The molecule has 0 aliphatic rings. The molecule has 19 heavy (non-hydrogen) atoms. The lowest BCUT2D eigenvalue weighted by atomic mass is 10.2. The molecule has 5 heteroatoms. The van der Waals surface area contributed by atoms with E-state index < -0.39 is 0 Å². The van der Waals surface area contributed by atoms with Crippen LogP contribution in [0.2, 0.25) is 0 Å². The van der Waals surface area contributed by atoms with Gasteiger partial charge in [0.1, 0.15) is 0 Å². The molecule has 1 N–H and O–H groups in total. The van der Waals surface area contributed by atoms with E-state index in [0.29, 0.717) is 0 Å². The van der Waals surface area contributed by atoms with E-state index in [2.05, 4.69) is 37.5 Å². The summed E-state index contributed by atoms with van der Waals surface area (Å²) in [7, 11) is 0. The average Bonchev–Trinajstić information content (AvgIpc) is 2.83. The van der Waals surface area contributed by atoms with Crippen LogP contribution in [-0.4, -0.2) is 11.2 Å². The van der Waals surface area contributed by atoms with Crippen molar-refractivity contribution in [3.8, 4) is 0 Å². The predicted molar refractivity (Wildman–Crippen MR) is 85.0 cm³/mol. The van der Waals surface area contributed by atoms with Crippen molar-refractivity contribution in [3.05, 3.63) is 58.6 Å². The van der Waals surface area contributed by atoms with Gasteiger partial charge in [0.05, 0.1) is 16.4 Å². The molecule has 0 bridgehead atoms. The van der Waals surface area contributed by atoms with E-state index in [-0.39, 0.29) is 0 Å². The van der Waals surface area contributed by atoms with Gasteiger partial charge in [-0.15, -0.1) is 0 Å². The number of para-hydroxylation sites is 1. The zero-order valence-corrected chi connectivity index (χ0v) is 12.3. The summed E-state index contributed by atoms with van der Waals surface area (Å²) >= 11 is 5.07. The summed E-state index contributed by atoms with van der Waals surface area (Å²) in [6.07, 6.45) is 1.77. The van der Waals surface area contributed by atoms with Crippen LogP contribution in [0.5, 0.6) is 0 Å². The van der Waals surface area contributed by atoms with Gasteiger partial charge in [-0.2, -0.15) is 5.10 Å². The summed E-state index contributed by atoms with van der Waals surface area (Å²) in [5.41, 5.74) is 4.98. The van der Waals surface area contributed by atoms with Gasteiger partial charge in [0.15, 0.2) is 0 Å². The molecule has 2 aromatic carbocycles. The highest BCUT2D eigenvalue weighted by molar-refractivity contribution is 9.10. The Balaban J connectivity index is 1.77. The fourth-order valence-corrected chi connectivity index (χ4v) is 2.86. The Morgan fingerprint density at radius 3 is 2.74 bits per heavy atom. The fraction of sp³-hybridized carbons (Fsp3) is 0. The number of halogens is 1. The fourth-order valence-electron chi connectivity index (χ4n) is 1.66. The normalized spacial score (nSPS) is 11.2. The second-order valence-corrected chi connectivity index (χ2v) is 5.76. The van der Waals surface area contributed by atoms with Crippen molar-refractivity contribution in [2.24, 2.45) is 5.10 Å². The number of hydrogen-bond acceptors (Lipinski definition) is 4. The topological polar surface area (TPSA) is 37.3 Å². The van der Waals surface area contributed by atoms with E-state index in [9.17, 15) is 0 Å². The molecule has 0 aliphatic carbocycles. The van der Waals surface area contributed by atoms with Crippen molar-refractivity contribution in [3.63, 3.8) is 0 Å². The monoisotopic (exact) mass is 331 g/mol. The smallest absolute Gasteiger partial charge is 0.204 e. The van der Waals surface area contributed by atoms with Gasteiger partial charge in [0.25, 0.3) is 0 Å². The van der Waals surface area contributed by atoms with Crippen molar-refractivity contribution in [1.82, 2.24) is 4.98 Å². The van der Waals surface area contributed by atoms with Crippen LogP contribution in [0.15, 0.2) is 58.1 Å². The molecular weight excluding hydrogens is 322 g/mol. The minimum Gasteiger partial charge on any atom is -0.253 e. The third-order valence-corrected chi connectivity index (χ3v) is 4.23. The number of nitrogens with one attached hydrogen (secondary N) is 1. The summed E-state index contributed by atoms with van der Waals surface area (Å²) in [5.74, 6) is 0. The Hall–Kier alpha value is -1.72. The summed E-state index contributed by atoms with van der Waals surface area (Å²) in [4.78, 5) is 4.45. The highest BCUT2D eigenvalue weighted by Crippen LogP contribution is 2.25. The maximum atomic E-state index is 4.45. The zero-order valence-electron chi connectivity index (χ0n) is 9.88. The molecule has 3 aromatic rings. The molecule has 0 saturated heterocycles. The molecule has 3 nitrogen and oxygen atoms in total. The molecule has 0 radical (unpaired) electrons. The van der Waals surface area contributed by atoms with E-state index in [1.165, 1.54) is 0 Å². The number of benzene rings is 2. The van der Waals surface area contributed by atoms with Crippen molar-refractivity contribution in [2.75, 3.05) is 5.43 Å². The molecular formula is C14H10BrN3S. The van der Waals surface area contributed by atoms with E-state index in [1.54, 1.807) is 17.6 Å². The number of aromatic nitrogens is 1. The van der Waals surface area contributed by atoms with Crippen LogP contribution in [0.25, 0.3) is 10.2 Å². The maximum Gasteiger partial charge on any atom is 0.204 e. The first-order valence-electron chi connectivity index (χ1n) is 5.72. The number of hydrogen-bond donors (Lipinski definition) is 1. The van der Waals surface area contributed by atoms with Crippen LogP contribution < -0.4 is 5.43 Å². The first-order chi connectivity index (χ1) is 9.33. The van der Waals surface area contributed by atoms with Gasteiger partial charge in [-0.3, -0.25) is 5.43 Å². The zero-order chi connectivity index (χ0) is 13.1. The Labute approximate surface area is 123 Å². The lowest BCUT2D eigenvalue weighted by molar-refractivity contribution is 1.31. The van der Waals surface area contributed by atoms with Crippen LogP contribution in [0.3, 0.4) is 0 Å². The predicted octanol–water partition coefficient (Wildman–Crippen LogP) is 4.50. The Bertz CT molecular complexity index is 703. The minimum absolute atomic E-state index is 0.796. The average molecular weight is 332 g/mol. The number of hydrazone groups is 1. The number of thiazole rings is 1. The van der Waals surface area contributed by atoms with Gasteiger partial charge in [0, 0.05) is 10.0 Å². The third kappa shape index (κ3) is 2.83. The van der Waals surface area contributed by atoms with Gasteiger partial charge in [0.2, 0.25) is 5.13 Å². The number of nitrogens with zero attached hydrogens (tertiary/aromatic N) is 2. The van der Waals surface area contributed by atoms with Crippen LogP contribution in [-0.2, 0) is 0 Å². The van der Waals surface area contributed by atoms with Gasteiger partial charge in [-0.25, -0.2) is 4.98 Å². The highest BCUT2D eigenvalue weighted by Gasteiger charge is 2.00. The molecule has 0 fully saturated rings. The first-order valence-corrected chi connectivity index (χ1v) is 7.33. The molecule has 3 rings (SSSR count). The van der Waals surface area contributed by atoms with Gasteiger partial charge in [-0.1, -0.05) is 57.6 Å². The van der Waals surface area contributed by atoms with E-state index >= 15 is 0 Å². The molecule has 1 heterocycles. The third-order valence-electron chi connectivity index (χ3n) is 2.56. The lowest BCUT2D eigenvalue weighted by Crippen LogP contribution is -1.90. The largest absolute Gasteiger partial charge is 0.253 e. The molecule has 94 valence electrons. The molecule has 0 unspecified atom stereocenters. The maximum absolute atomic E-state index is 4.45. The van der Waals surface area contributed by atoms with Crippen LogP contribution >= 0.6 is 27.3 Å². The van der Waals surface area contributed by atoms with Crippen LogP contribution in [0.4, 0.5) is 5.13 Å². The minimum atomic E-state index is 0.796. The molecule has 0 saturated carbocycles. The van der Waals surface area contributed by atoms with Crippen LogP contribution in [0.1, 0.15) is 5.56 Å².